The van der Waals surface area contributed by atoms with Crippen LogP contribution in [0.2, 0.25) is 0 Å². The average Bonchev–Trinajstić information content (AvgIpc) is 2.99. The van der Waals surface area contributed by atoms with Crippen molar-refractivity contribution in [2.24, 2.45) is 0 Å². The van der Waals surface area contributed by atoms with Crippen LogP contribution in [0, 0.1) is 0 Å². The average molecular weight is 340 g/mol. The van der Waals surface area contributed by atoms with Crippen molar-refractivity contribution in [3.8, 4) is 5.69 Å². The molecule has 0 bridgehead atoms. The van der Waals surface area contributed by atoms with E-state index in [0.29, 0.717) is 6.54 Å². The highest BCUT2D eigenvalue weighted by Crippen LogP contribution is 2.14. The maximum atomic E-state index is 12.8. The van der Waals surface area contributed by atoms with E-state index in [4.69, 9.17) is 0 Å². The van der Waals surface area contributed by atoms with Gasteiger partial charge < -0.3 is 0 Å². The Morgan fingerprint density at radius 2 is 1.19 bits per heavy atom. The normalized spacial score (nSPS) is 10.8. The number of rotatable bonds is 5. The smallest absolute Gasteiger partial charge is 0.271 e. The van der Waals surface area contributed by atoms with Gasteiger partial charge in [0.1, 0.15) is 0 Å². The van der Waals surface area contributed by atoms with Crippen LogP contribution in [0.15, 0.2) is 102 Å². The van der Waals surface area contributed by atoms with E-state index in [9.17, 15) is 4.79 Å². The first-order chi connectivity index (χ1) is 12.8. The summed E-state index contributed by atoms with van der Waals surface area (Å²) >= 11 is 0. The molecular weight excluding hydrogens is 320 g/mol. The Morgan fingerprint density at radius 3 is 1.81 bits per heavy atom. The molecule has 4 rings (SSSR count). The van der Waals surface area contributed by atoms with Crippen LogP contribution in [-0.4, -0.2) is 9.36 Å². The zero-order valence-electron chi connectivity index (χ0n) is 14.5. The first-order valence-corrected chi connectivity index (χ1v) is 8.76. The highest BCUT2D eigenvalue weighted by Gasteiger charge is 2.13. The maximum Gasteiger partial charge on any atom is 0.271 e. The van der Waals surface area contributed by atoms with Crippen molar-refractivity contribution in [2.45, 2.75) is 13.0 Å². The minimum Gasteiger partial charge on any atom is -0.277 e. The molecule has 3 heteroatoms. The van der Waals surface area contributed by atoms with Crippen molar-refractivity contribution < 1.29 is 0 Å². The van der Waals surface area contributed by atoms with Crippen molar-refractivity contribution in [3.63, 3.8) is 0 Å². The number of benzene rings is 3. The van der Waals surface area contributed by atoms with Crippen LogP contribution < -0.4 is 5.56 Å². The van der Waals surface area contributed by atoms with E-state index in [2.05, 4.69) is 28.9 Å². The molecule has 128 valence electrons. The molecular formula is C23H20N2O. The number of hydrogen-bond acceptors (Lipinski definition) is 1. The van der Waals surface area contributed by atoms with Crippen molar-refractivity contribution in [3.05, 3.63) is 124 Å². The number of nitrogens with zero attached hydrogens (tertiary/aromatic N) is 2. The topological polar surface area (TPSA) is 26.9 Å². The van der Waals surface area contributed by atoms with Crippen molar-refractivity contribution in [1.82, 2.24) is 9.36 Å². The van der Waals surface area contributed by atoms with E-state index >= 15 is 0 Å². The Balaban J connectivity index is 1.82. The van der Waals surface area contributed by atoms with Crippen molar-refractivity contribution in [1.29, 1.82) is 0 Å². The summed E-state index contributed by atoms with van der Waals surface area (Å²) in [5, 5.41) is 0. The van der Waals surface area contributed by atoms with E-state index in [-0.39, 0.29) is 5.56 Å². The Kier molecular flexibility index (Phi) is 4.52. The van der Waals surface area contributed by atoms with E-state index < -0.39 is 0 Å². The second-order valence-electron chi connectivity index (χ2n) is 6.33. The maximum absolute atomic E-state index is 12.8. The first kappa shape index (κ1) is 16.2. The molecule has 0 aliphatic carbocycles. The fourth-order valence-corrected chi connectivity index (χ4v) is 3.24. The van der Waals surface area contributed by atoms with Gasteiger partial charge in [-0.3, -0.25) is 9.48 Å². The van der Waals surface area contributed by atoms with Gasteiger partial charge in [0.15, 0.2) is 0 Å². The Labute approximate surface area is 152 Å². The summed E-state index contributed by atoms with van der Waals surface area (Å²) in [5.74, 6) is 0. The molecule has 0 fully saturated rings. The van der Waals surface area contributed by atoms with Crippen LogP contribution in [0.5, 0.6) is 0 Å². The molecule has 26 heavy (non-hydrogen) atoms. The second-order valence-corrected chi connectivity index (χ2v) is 6.33. The van der Waals surface area contributed by atoms with Gasteiger partial charge in [0.05, 0.1) is 12.2 Å². The number of aromatic nitrogens is 2. The third-order valence-electron chi connectivity index (χ3n) is 4.48. The molecule has 0 atom stereocenters. The molecule has 3 aromatic carbocycles. The molecule has 1 heterocycles. The summed E-state index contributed by atoms with van der Waals surface area (Å²) in [4.78, 5) is 12.8. The summed E-state index contributed by atoms with van der Waals surface area (Å²) in [7, 11) is 0. The van der Waals surface area contributed by atoms with Crippen LogP contribution >= 0.6 is 0 Å². The first-order valence-electron chi connectivity index (χ1n) is 8.76. The van der Waals surface area contributed by atoms with E-state index in [1.54, 1.807) is 10.7 Å². The predicted molar refractivity (Wildman–Crippen MR) is 105 cm³/mol. The summed E-state index contributed by atoms with van der Waals surface area (Å²) in [6.07, 6.45) is 0.725. The molecule has 0 amide bonds. The lowest BCUT2D eigenvalue weighted by atomic mass is 10.1. The van der Waals surface area contributed by atoms with Crippen molar-refractivity contribution >= 4 is 0 Å². The molecule has 4 aromatic rings. The Bertz CT molecular complexity index is 1030. The van der Waals surface area contributed by atoms with E-state index in [0.717, 1.165) is 17.8 Å². The van der Waals surface area contributed by atoms with Crippen LogP contribution in [0.4, 0.5) is 0 Å². The predicted octanol–water partition coefficient (Wildman–Crippen LogP) is 4.28. The molecule has 0 spiro atoms. The largest absolute Gasteiger partial charge is 0.277 e. The lowest BCUT2D eigenvalue weighted by molar-refractivity contribution is 0.571. The lowest BCUT2D eigenvalue weighted by Crippen LogP contribution is -2.22. The lowest BCUT2D eigenvalue weighted by Gasteiger charge is -2.15. The molecule has 0 unspecified atom stereocenters. The number of para-hydroxylation sites is 1. The molecule has 0 saturated carbocycles. The summed E-state index contributed by atoms with van der Waals surface area (Å²) in [6.45, 7) is 0.653. The molecule has 0 saturated heterocycles. The molecule has 0 N–H and O–H groups in total. The third-order valence-corrected chi connectivity index (χ3v) is 4.48. The van der Waals surface area contributed by atoms with E-state index in [1.165, 1.54) is 11.1 Å². The highest BCUT2D eigenvalue weighted by atomic mass is 16.1. The molecule has 0 aliphatic rings. The molecule has 0 aliphatic heterocycles. The van der Waals surface area contributed by atoms with Gasteiger partial charge >= 0.3 is 0 Å². The van der Waals surface area contributed by atoms with Crippen molar-refractivity contribution in [2.75, 3.05) is 0 Å². The minimum absolute atomic E-state index is 0.00179. The fourth-order valence-electron chi connectivity index (χ4n) is 3.24. The Hall–Kier alpha value is -3.33. The van der Waals surface area contributed by atoms with Gasteiger partial charge in [0.25, 0.3) is 5.56 Å². The van der Waals surface area contributed by atoms with Gasteiger partial charge in [-0.15, -0.1) is 0 Å². The second kappa shape index (κ2) is 7.28. The molecule has 3 nitrogen and oxygen atoms in total. The zero-order valence-corrected chi connectivity index (χ0v) is 14.5. The minimum atomic E-state index is -0.00179. The van der Waals surface area contributed by atoms with Gasteiger partial charge in [-0.2, -0.15) is 0 Å². The summed E-state index contributed by atoms with van der Waals surface area (Å²) in [6, 6.07) is 32.1. The van der Waals surface area contributed by atoms with E-state index in [1.807, 2.05) is 66.7 Å². The summed E-state index contributed by atoms with van der Waals surface area (Å²) in [5.41, 5.74) is 4.25. The van der Waals surface area contributed by atoms with Gasteiger partial charge in [0, 0.05) is 18.2 Å². The molecule has 0 radical (unpaired) electrons. The Morgan fingerprint density at radius 1 is 0.654 bits per heavy atom. The van der Waals surface area contributed by atoms with Gasteiger partial charge in [-0.1, -0.05) is 78.9 Å². The zero-order chi connectivity index (χ0) is 17.8. The monoisotopic (exact) mass is 340 g/mol. The highest BCUT2D eigenvalue weighted by molar-refractivity contribution is 5.33. The van der Waals surface area contributed by atoms with Crippen LogP contribution in [0.1, 0.15) is 16.8 Å². The quantitative estimate of drug-likeness (QED) is 0.533. The van der Waals surface area contributed by atoms with Crippen LogP contribution in [0.3, 0.4) is 0 Å². The van der Waals surface area contributed by atoms with Crippen LogP contribution in [-0.2, 0) is 13.0 Å². The van der Waals surface area contributed by atoms with Crippen LogP contribution in [0.25, 0.3) is 5.69 Å². The third kappa shape index (κ3) is 3.38. The standard InChI is InChI=1S/C23H20N2O/c26-23-17-22(16-19-10-4-1-5-11-19)24(18-20-12-6-2-7-13-20)25(23)21-14-8-3-9-15-21/h1-15,17H,16,18H2. The number of hydrogen-bond donors (Lipinski definition) is 0. The molecule has 1 aromatic heterocycles. The van der Waals surface area contributed by atoms with Gasteiger partial charge in [-0.25, -0.2) is 4.68 Å². The summed E-state index contributed by atoms with van der Waals surface area (Å²) < 4.78 is 3.85. The fraction of sp³-hybridized carbons (Fsp3) is 0.0870. The van der Waals surface area contributed by atoms with Gasteiger partial charge in [0.2, 0.25) is 0 Å². The SMILES string of the molecule is O=c1cc(Cc2ccccc2)n(Cc2ccccc2)n1-c1ccccc1. The van der Waals surface area contributed by atoms with Gasteiger partial charge in [-0.05, 0) is 23.3 Å².